The van der Waals surface area contributed by atoms with E-state index in [1.54, 1.807) is 0 Å². The van der Waals surface area contributed by atoms with Crippen LogP contribution in [0.3, 0.4) is 0 Å². The summed E-state index contributed by atoms with van der Waals surface area (Å²) in [5, 5.41) is 0. The van der Waals surface area contributed by atoms with Crippen molar-refractivity contribution in [2.24, 2.45) is 0 Å². The van der Waals surface area contributed by atoms with Gasteiger partial charge >= 0.3 is 0 Å². The van der Waals surface area contributed by atoms with Gasteiger partial charge in [-0.1, -0.05) is 116 Å². The monoisotopic (exact) mass is 479 g/mol. The molecule has 0 unspecified atom stereocenters. The van der Waals surface area contributed by atoms with Crippen molar-refractivity contribution in [1.29, 1.82) is 0 Å². The highest BCUT2D eigenvalue weighted by atomic mass is 16.5. The van der Waals surface area contributed by atoms with E-state index in [2.05, 4.69) is 37.9 Å². The summed E-state index contributed by atoms with van der Waals surface area (Å²) in [5.74, 6) is 0. The number of likely N-dealkylation sites (tertiary alicyclic amines) is 1. The molecule has 0 bridgehead atoms. The average molecular weight is 480 g/mol. The van der Waals surface area contributed by atoms with Crippen LogP contribution in [0.1, 0.15) is 142 Å². The molecular formula is C31H61NO2. The number of hydrogen-bond donors (Lipinski definition) is 0. The van der Waals surface area contributed by atoms with Crippen molar-refractivity contribution in [2.45, 2.75) is 154 Å². The van der Waals surface area contributed by atoms with Crippen molar-refractivity contribution in [3.8, 4) is 0 Å². The molecule has 0 aliphatic carbocycles. The van der Waals surface area contributed by atoms with E-state index >= 15 is 0 Å². The molecule has 0 saturated carbocycles. The average Bonchev–Trinajstić information content (AvgIpc) is 3.19. The van der Waals surface area contributed by atoms with E-state index in [4.69, 9.17) is 9.47 Å². The number of likely N-dealkylation sites (N-methyl/N-ethyl adjacent to an activating group) is 1. The predicted molar refractivity (Wildman–Crippen MR) is 150 cm³/mol. The minimum Gasteiger partial charge on any atom is -0.374 e. The summed E-state index contributed by atoms with van der Waals surface area (Å²) in [4.78, 5) is 2.36. The molecule has 0 spiro atoms. The van der Waals surface area contributed by atoms with E-state index < -0.39 is 0 Å². The van der Waals surface area contributed by atoms with Gasteiger partial charge in [-0.3, -0.25) is 0 Å². The van der Waals surface area contributed by atoms with Gasteiger partial charge in [-0.25, -0.2) is 0 Å². The van der Waals surface area contributed by atoms with Gasteiger partial charge in [0, 0.05) is 26.3 Å². The number of nitrogens with zero attached hydrogens (tertiary/aromatic N) is 1. The Labute approximate surface area is 214 Å². The van der Waals surface area contributed by atoms with E-state index in [0.717, 1.165) is 26.3 Å². The van der Waals surface area contributed by atoms with Crippen molar-refractivity contribution < 1.29 is 9.47 Å². The molecule has 1 fully saturated rings. The first kappa shape index (κ1) is 31.6. The van der Waals surface area contributed by atoms with Gasteiger partial charge in [0.2, 0.25) is 0 Å². The first-order valence-corrected chi connectivity index (χ1v) is 15.3. The van der Waals surface area contributed by atoms with Gasteiger partial charge < -0.3 is 14.4 Å². The Morgan fingerprint density at radius 1 is 0.529 bits per heavy atom. The summed E-state index contributed by atoms with van der Waals surface area (Å²) in [6, 6.07) is 0. The fourth-order valence-electron chi connectivity index (χ4n) is 4.95. The molecule has 3 heteroatoms. The van der Waals surface area contributed by atoms with Crippen LogP contribution in [0.25, 0.3) is 0 Å². The molecule has 0 amide bonds. The summed E-state index contributed by atoms with van der Waals surface area (Å²) < 4.78 is 12.4. The summed E-state index contributed by atoms with van der Waals surface area (Å²) in [6.07, 6.45) is 32.3. The molecule has 34 heavy (non-hydrogen) atoms. The third-order valence-electron chi connectivity index (χ3n) is 7.22. The van der Waals surface area contributed by atoms with Gasteiger partial charge in [-0.2, -0.15) is 0 Å². The number of allylic oxidation sites excluding steroid dienone is 2. The number of hydrogen-bond acceptors (Lipinski definition) is 3. The molecule has 0 aromatic carbocycles. The van der Waals surface area contributed by atoms with Crippen LogP contribution in [0.4, 0.5) is 0 Å². The minimum atomic E-state index is 0.271. The standard InChI is InChI=1S/C31H61NO2/c1-4-6-8-10-12-13-14-15-16-17-18-19-20-21-23-25-27-34-31-29-32(3)28-30(31)33-26-24-22-11-9-7-5-2/h15-16,30-31H,4-14,17-29H2,1-3H3/t30-,31-/m1/s1. The second-order valence-corrected chi connectivity index (χ2v) is 10.7. The van der Waals surface area contributed by atoms with Crippen LogP contribution in [0.2, 0.25) is 0 Å². The van der Waals surface area contributed by atoms with Gasteiger partial charge in [-0.15, -0.1) is 0 Å². The molecular weight excluding hydrogens is 418 g/mol. The fourth-order valence-corrected chi connectivity index (χ4v) is 4.95. The Kier molecular flexibility index (Phi) is 22.6. The maximum absolute atomic E-state index is 6.24. The summed E-state index contributed by atoms with van der Waals surface area (Å²) in [7, 11) is 2.19. The molecule has 0 aromatic rings. The summed E-state index contributed by atoms with van der Waals surface area (Å²) in [5.41, 5.74) is 0. The lowest BCUT2D eigenvalue weighted by Gasteiger charge is -2.20. The fraction of sp³-hybridized carbons (Fsp3) is 0.935. The first-order valence-electron chi connectivity index (χ1n) is 15.3. The van der Waals surface area contributed by atoms with Crippen LogP contribution in [0.15, 0.2) is 12.2 Å². The topological polar surface area (TPSA) is 21.7 Å². The Bertz CT molecular complexity index is 439. The molecule has 202 valence electrons. The second-order valence-electron chi connectivity index (χ2n) is 10.7. The van der Waals surface area contributed by atoms with Gasteiger partial charge in [0.05, 0.1) is 12.2 Å². The summed E-state index contributed by atoms with van der Waals surface area (Å²) in [6.45, 7) is 8.41. The smallest absolute Gasteiger partial charge is 0.0975 e. The Hall–Kier alpha value is -0.380. The van der Waals surface area contributed by atoms with Gasteiger partial charge in [0.25, 0.3) is 0 Å². The van der Waals surface area contributed by atoms with E-state index in [-0.39, 0.29) is 12.2 Å². The highest BCUT2D eigenvalue weighted by molar-refractivity contribution is 4.84. The van der Waals surface area contributed by atoms with Crippen LogP contribution in [-0.4, -0.2) is 50.5 Å². The molecule has 1 aliphatic heterocycles. The van der Waals surface area contributed by atoms with Crippen molar-refractivity contribution in [3.63, 3.8) is 0 Å². The maximum atomic E-state index is 6.24. The van der Waals surface area contributed by atoms with E-state index in [1.807, 2.05) is 0 Å². The predicted octanol–water partition coefficient (Wildman–Crippen LogP) is 9.10. The molecule has 0 radical (unpaired) electrons. The van der Waals surface area contributed by atoms with Crippen molar-refractivity contribution in [1.82, 2.24) is 4.90 Å². The lowest BCUT2D eigenvalue weighted by molar-refractivity contribution is -0.0481. The number of ether oxygens (including phenoxy) is 2. The Balaban J connectivity index is 1.89. The molecule has 1 rings (SSSR count). The molecule has 2 atom stereocenters. The van der Waals surface area contributed by atoms with E-state index in [1.165, 1.54) is 128 Å². The van der Waals surface area contributed by atoms with Crippen LogP contribution in [0.5, 0.6) is 0 Å². The van der Waals surface area contributed by atoms with Crippen LogP contribution in [0, 0.1) is 0 Å². The Morgan fingerprint density at radius 2 is 0.882 bits per heavy atom. The van der Waals surface area contributed by atoms with E-state index in [0.29, 0.717) is 0 Å². The highest BCUT2D eigenvalue weighted by Crippen LogP contribution is 2.17. The highest BCUT2D eigenvalue weighted by Gasteiger charge is 2.32. The first-order chi connectivity index (χ1) is 16.8. The molecule has 1 aliphatic rings. The van der Waals surface area contributed by atoms with E-state index in [9.17, 15) is 0 Å². The Morgan fingerprint density at radius 3 is 1.29 bits per heavy atom. The van der Waals surface area contributed by atoms with Crippen molar-refractivity contribution >= 4 is 0 Å². The molecule has 0 aromatic heterocycles. The molecule has 0 N–H and O–H groups in total. The van der Waals surface area contributed by atoms with Gasteiger partial charge in [0.15, 0.2) is 0 Å². The zero-order chi connectivity index (χ0) is 24.5. The second kappa shape index (κ2) is 24.3. The lowest BCUT2D eigenvalue weighted by atomic mass is 10.1. The number of rotatable bonds is 25. The normalized spacial score (nSPS) is 19.0. The molecule has 3 nitrogen and oxygen atoms in total. The third kappa shape index (κ3) is 18.9. The minimum absolute atomic E-state index is 0.271. The van der Waals surface area contributed by atoms with Gasteiger partial charge in [-0.05, 0) is 45.6 Å². The van der Waals surface area contributed by atoms with Gasteiger partial charge in [0.1, 0.15) is 0 Å². The zero-order valence-corrected chi connectivity index (χ0v) is 23.5. The third-order valence-corrected chi connectivity index (χ3v) is 7.22. The quantitative estimate of drug-likeness (QED) is 0.0962. The van der Waals surface area contributed by atoms with Crippen molar-refractivity contribution in [3.05, 3.63) is 12.2 Å². The largest absolute Gasteiger partial charge is 0.374 e. The SMILES string of the molecule is CCCCCCCCC=CCCCCCCCCO[C@@H]1CN(C)C[C@H]1OCCCCCCCC. The number of unbranched alkanes of at least 4 members (excludes halogenated alkanes) is 17. The zero-order valence-electron chi connectivity index (χ0n) is 23.5. The molecule has 1 heterocycles. The molecule has 1 saturated heterocycles. The van der Waals surface area contributed by atoms with Crippen LogP contribution in [-0.2, 0) is 9.47 Å². The van der Waals surface area contributed by atoms with Crippen LogP contribution >= 0.6 is 0 Å². The lowest BCUT2D eigenvalue weighted by Crippen LogP contribution is -2.30. The van der Waals surface area contributed by atoms with Crippen molar-refractivity contribution in [2.75, 3.05) is 33.4 Å². The summed E-state index contributed by atoms with van der Waals surface area (Å²) >= 11 is 0. The maximum Gasteiger partial charge on any atom is 0.0975 e. The van der Waals surface area contributed by atoms with Crippen LogP contribution < -0.4 is 0 Å².